The molecule has 3 aromatic carbocycles. The van der Waals surface area contributed by atoms with Gasteiger partial charge in [-0.05, 0) is 68.3 Å². The van der Waals surface area contributed by atoms with Crippen molar-refractivity contribution in [3.63, 3.8) is 0 Å². The summed E-state index contributed by atoms with van der Waals surface area (Å²) >= 11 is 1.35. The molecule has 1 aliphatic rings. The molecule has 1 aliphatic heterocycles. The number of aliphatic hydroxyl groups is 1. The van der Waals surface area contributed by atoms with Crippen LogP contribution in [0.5, 0.6) is 5.75 Å². The summed E-state index contributed by atoms with van der Waals surface area (Å²) in [4.78, 5) is 32.8. The lowest BCUT2D eigenvalue weighted by Gasteiger charge is -2.23. The van der Waals surface area contributed by atoms with Gasteiger partial charge >= 0.3 is 5.91 Å². The molecule has 1 unspecified atom stereocenters. The predicted octanol–water partition coefficient (Wildman–Crippen LogP) is 5.94. The van der Waals surface area contributed by atoms with E-state index in [1.807, 2.05) is 63.2 Å². The Labute approximate surface area is 207 Å². The Hall–Kier alpha value is -3.97. The van der Waals surface area contributed by atoms with Crippen molar-refractivity contribution in [2.24, 2.45) is 0 Å². The number of aryl methyl sites for hydroxylation is 2. The van der Waals surface area contributed by atoms with Crippen molar-refractivity contribution < 1.29 is 19.4 Å². The lowest BCUT2D eigenvalue weighted by atomic mass is 9.95. The number of anilines is 1. The van der Waals surface area contributed by atoms with Gasteiger partial charge < -0.3 is 9.84 Å². The van der Waals surface area contributed by atoms with Crippen molar-refractivity contribution in [3.8, 4) is 5.75 Å². The predicted molar refractivity (Wildman–Crippen MR) is 138 cm³/mol. The molecule has 1 fully saturated rings. The number of amides is 1. The molecule has 0 spiro atoms. The topological polar surface area (TPSA) is 79.7 Å². The Morgan fingerprint density at radius 2 is 1.69 bits per heavy atom. The molecule has 1 aromatic heterocycles. The minimum Gasteiger partial charge on any atom is -0.507 e. The van der Waals surface area contributed by atoms with Gasteiger partial charge in [-0.25, -0.2) is 4.98 Å². The summed E-state index contributed by atoms with van der Waals surface area (Å²) in [5, 5.41) is 11.7. The van der Waals surface area contributed by atoms with Crippen molar-refractivity contribution in [1.82, 2.24) is 4.98 Å². The van der Waals surface area contributed by atoms with Gasteiger partial charge in [-0.15, -0.1) is 0 Å². The zero-order valence-corrected chi connectivity index (χ0v) is 20.4. The van der Waals surface area contributed by atoms with Gasteiger partial charge in [0, 0.05) is 5.56 Å². The van der Waals surface area contributed by atoms with Crippen LogP contribution < -0.4 is 9.64 Å². The molecule has 1 amide bonds. The van der Waals surface area contributed by atoms with E-state index in [4.69, 9.17) is 4.74 Å². The van der Waals surface area contributed by atoms with Crippen LogP contribution >= 0.6 is 11.3 Å². The highest BCUT2D eigenvalue weighted by molar-refractivity contribution is 7.22. The van der Waals surface area contributed by atoms with Gasteiger partial charge in [0.05, 0.1) is 28.4 Å². The first-order valence-corrected chi connectivity index (χ1v) is 12.2. The number of hydrogen-bond acceptors (Lipinski definition) is 6. The molecule has 0 radical (unpaired) electrons. The van der Waals surface area contributed by atoms with Crippen molar-refractivity contribution in [2.75, 3.05) is 11.5 Å². The van der Waals surface area contributed by atoms with E-state index in [-0.39, 0.29) is 11.3 Å². The van der Waals surface area contributed by atoms with Gasteiger partial charge in [-0.3, -0.25) is 14.5 Å². The Bertz CT molecular complexity index is 1470. The Morgan fingerprint density at radius 3 is 2.37 bits per heavy atom. The lowest BCUT2D eigenvalue weighted by Crippen LogP contribution is -2.29. The zero-order valence-electron chi connectivity index (χ0n) is 19.6. The van der Waals surface area contributed by atoms with Gasteiger partial charge in [-0.1, -0.05) is 47.2 Å². The third kappa shape index (κ3) is 4.08. The van der Waals surface area contributed by atoms with Crippen LogP contribution in [0.25, 0.3) is 16.0 Å². The minimum atomic E-state index is -0.802. The standard InChI is InChI=1S/C28H24N2O4S/c1-4-34-20-12-10-19(11-13-20)25(31)23-24(18-8-5-16(2)6-9-18)30(27(33)26(23)32)28-29-21-14-7-17(3)15-22(21)35-28/h5-15,24,31H,4H2,1-3H3. The number of ether oxygens (including phenoxy) is 1. The van der Waals surface area contributed by atoms with Crippen LogP contribution in [0.1, 0.15) is 35.2 Å². The second-order valence-corrected chi connectivity index (χ2v) is 9.51. The molecule has 0 aliphatic carbocycles. The molecule has 35 heavy (non-hydrogen) atoms. The first kappa shape index (κ1) is 22.8. The van der Waals surface area contributed by atoms with Crippen LogP contribution in [0.2, 0.25) is 0 Å². The number of hydrogen-bond donors (Lipinski definition) is 1. The number of thiazole rings is 1. The summed E-state index contributed by atoms with van der Waals surface area (Å²) in [6.07, 6.45) is 0. The van der Waals surface area contributed by atoms with Gasteiger partial charge in [0.2, 0.25) is 0 Å². The van der Waals surface area contributed by atoms with Crippen molar-refractivity contribution in [3.05, 3.63) is 94.6 Å². The lowest BCUT2D eigenvalue weighted by molar-refractivity contribution is -0.132. The van der Waals surface area contributed by atoms with Gasteiger partial charge in [0.25, 0.3) is 5.78 Å². The molecule has 1 N–H and O–H groups in total. The highest BCUT2D eigenvalue weighted by Gasteiger charge is 2.48. The van der Waals surface area contributed by atoms with E-state index in [0.717, 1.165) is 26.9 Å². The molecule has 176 valence electrons. The smallest absolute Gasteiger partial charge is 0.301 e. The second-order valence-electron chi connectivity index (χ2n) is 8.50. The maximum absolute atomic E-state index is 13.4. The number of aromatic nitrogens is 1. The largest absolute Gasteiger partial charge is 0.507 e. The summed E-state index contributed by atoms with van der Waals surface area (Å²) in [6, 6.07) is 19.5. The molecule has 0 saturated carbocycles. The van der Waals surface area contributed by atoms with Crippen molar-refractivity contribution >= 4 is 44.1 Å². The summed E-state index contributed by atoms with van der Waals surface area (Å²) in [5.74, 6) is -1.02. The number of carbonyl (C=O) groups is 2. The molecule has 7 heteroatoms. The van der Waals surface area contributed by atoms with E-state index in [2.05, 4.69) is 4.98 Å². The maximum atomic E-state index is 13.4. The number of ketones is 1. The monoisotopic (exact) mass is 484 g/mol. The number of Topliss-reactive ketones (excluding diaryl/α,β-unsaturated/α-hetero) is 1. The molecule has 1 saturated heterocycles. The second kappa shape index (κ2) is 9.00. The summed E-state index contributed by atoms with van der Waals surface area (Å²) in [5.41, 5.74) is 4.08. The molecule has 0 bridgehead atoms. The average molecular weight is 485 g/mol. The van der Waals surface area contributed by atoms with E-state index in [9.17, 15) is 14.7 Å². The van der Waals surface area contributed by atoms with Crippen LogP contribution in [0, 0.1) is 13.8 Å². The van der Waals surface area contributed by atoms with E-state index >= 15 is 0 Å². The van der Waals surface area contributed by atoms with E-state index in [1.165, 1.54) is 16.2 Å². The highest BCUT2D eigenvalue weighted by Crippen LogP contribution is 2.44. The van der Waals surface area contributed by atoms with Crippen LogP contribution in [0.4, 0.5) is 5.13 Å². The molecule has 1 atom stereocenters. The average Bonchev–Trinajstić information content (AvgIpc) is 3.37. The highest BCUT2D eigenvalue weighted by atomic mass is 32.1. The molecular formula is C28H24N2O4S. The molecule has 4 aromatic rings. The van der Waals surface area contributed by atoms with Gasteiger partial charge in [0.15, 0.2) is 5.13 Å². The maximum Gasteiger partial charge on any atom is 0.301 e. The molecule has 2 heterocycles. The normalized spacial score (nSPS) is 17.3. The van der Waals surface area contributed by atoms with Crippen LogP contribution in [-0.4, -0.2) is 28.4 Å². The number of rotatable bonds is 5. The van der Waals surface area contributed by atoms with E-state index in [0.29, 0.717) is 23.1 Å². The number of aliphatic hydroxyl groups excluding tert-OH is 1. The number of carbonyl (C=O) groups excluding carboxylic acids is 2. The fraction of sp³-hybridized carbons (Fsp3) is 0.179. The first-order valence-electron chi connectivity index (χ1n) is 11.4. The quantitative estimate of drug-likeness (QED) is 0.215. The number of benzene rings is 3. The Balaban J connectivity index is 1.68. The summed E-state index contributed by atoms with van der Waals surface area (Å²) < 4.78 is 6.41. The summed E-state index contributed by atoms with van der Waals surface area (Å²) in [7, 11) is 0. The molecule has 6 nitrogen and oxygen atoms in total. The fourth-order valence-corrected chi connectivity index (χ4v) is 5.34. The fourth-order valence-electron chi connectivity index (χ4n) is 4.25. The number of nitrogens with zero attached hydrogens (tertiary/aromatic N) is 2. The molecular weight excluding hydrogens is 460 g/mol. The Kier molecular flexibility index (Phi) is 5.86. The minimum absolute atomic E-state index is 0.0402. The third-order valence-corrected chi connectivity index (χ3v) is 7.03. The van der Waals surface area contributed by atoms with E-state index < -0.39 is 17.7 Å². The van der Waals surface area contributed by atoms with Crippen LogP contribution in [0.3, 0.4) is 0 Å². The third-order valence-electron chi connectivity index (χ3n) is 6.02. The van der Waals surface area contributed by atoms with Crippen LogP contribution in [-0.2, 0) is 9.59 Å². The number of fused-ring (bicyclic) bond motifs is 1. The summed E-state index contributed by atoms with van der Waals surface area (Å²) in [6.45, 7) is 6.37. The van der Waals surface area contributed by atoms with Gasteiger partial charge in [0.1, 0.15) is 11.5 Å². The van der Waals surface area contributed by atoms with E-state index in [1.54, 1.807) is 24.3 Å². The first-order chi connectivity index (χ1) is 16.9. The zero-order chi connectivity index (χ0) is 24.7. The van der Waals surface area contributed by atoms with Crippen LogP contribution in [0.15, 0.2) is 72.3 Å². The van der Waals surface area contributed by atoms with Gasteiger partial charge in [-0.2, -0.15) is 0 Å². The molecule has 5 rings (SSSR count). The van der Waals surface area contributed by atoms with Crippen molar-refractivity contribution in [2.45, 2.75) is 26.8 Å². The van der Waals surface area contributed by atoms with Crippen molar-refractivity contribution in [1.29, 1.82) is 0 Å². The Morgan fingerprint density at radius 1 is 1.00 bits per heavy atom. The SMILES string of the molecule is CCOc1ccc(C(O)=C2C(=O)C(=O)N(c3nc4ccc(C)cc4s3)C2c2ccc(C)cc2)cc1.